The molecule has 0 saturated heterocycles. The topological polar surface area (TPSA) is 111 Å². The summed E-state index contributed by atoms with van der Waals surface area (Å²) in [6.07, 6.45) is 1.57. The van der Waals surface area contributed by atoms with Gasteiger partial charge < -0.3 is 10.5 Å². The molecule has 8 heteroatoms. The van der Waals surface area contributed by atoms with E-state index < -0.39 is 11.8 Å². The van der Waals surface area contributed by atoms with Crippen molar-refractivity contribution in [3.8, 4) is 5.75 Å². The van der Waals surface area contributed by atoms with Gasteiger partial charge in [0.05, 0.1) is 5.69 Å². The van der Waals surface area contributed by atoms with Crippen LogP contribution in [0.25, 0.3) is 6.08 Å². The molecule has 1 heterocycles. The number of nitrogen functional groups attached to an aromatic ring is 1. The number of benzene rings is 2. The maximum absolute atomic E-state index is 12.8. The number of carbonyl (C=O) groups is 2. The number of fused-ring (bicyclic) bond motifs is 1. The number of anilines is 2. The van der Waals surface area contributed by atoms with Crippen LogP contribution in [0.5, 0.6) is 5.75 Å². The van der Waals surface area contributed by atoms with Crippen molar-refractivity contribution in [1.82, 2.24) is 5.43 Å². The van der Waals surface area contributed by atoms with Gasteiger partial charge in [-0.2, -0.15) is 0 Å². The normalized spacial score (nSPS) is 14.9. The van der Waals surface area contributed by atoms with Crippen LogP contribution in [0, 0.1) is 0 Å². The summed E-state index contributed by atoms with van der Waals surface area (Å²) in [5.74, 6) is 4.63. The second-order valence-corrected chi connectivity index (χ2v) is 5.78. The molecule has 0 fully saturated rings. The Labute approximate surface area is 148 Å². The molecule has 2 aromatic carbocycles. The minimum absolute atomic E-state index is 0.0735. The van der Waals surface area contributed by atoms with Gasteiger partial charge in [-0.15, -0.1) is 0 Å². The summed E-state index contributed by atoms with van der Waals surface area (Å²) in [6, 6.07) is 11.8. The molecule has 25 heavy (non-hydrogen) atoms. The van der Waals surface area contributed by atoms with E-state index in [4.69, 9.17) is 27.9 Å². The fraction of sp³-hybridized carbons (Fsp3) is 0.0588. The lowest BCUT2D eigenvalue weighted by molar-refractivity contribution is -0.123. The molecule has 0 radical (unpaired) electrons. The van der Waals surface area contributed by atoms with E-state index in [1.807, 2.05) is 5.43 Å². The van der Waals surface area contributed by atoms with Gasteiger partial charge in [-0.3, -0.25) is 19.9 Å². The molecule has 2 aromatic rings. The van der Waals surface area contributed by atoms with Gasteiger partial charge in [-0.05, 0) is 42.0 Å². The van der Waals surface area contributed by atoms with E-state index in [1.54, 1.807) is 48.5 Å². The summed E-state index contributed by atoms with van der Waals surface area (Å²) in [5.41, 5.74) is 9.37. The van der Waals surface area contributed by atoms with Crippen LogP contribution in [-0.4, -0.2) is 18.4 Å². The zero-order valence-corrected chi connectivity index (χ0v) is 13.8. The first kappa shape index (κ1) is 16.8. The quantitative estimate of drug-likeness (QED) is 0.254. The van der Waals surface area contributed by atoms with Crippen molar-refractivity contribution < 1.29 is 14.3 Å². The van der Waals surface area contributed by atoms with Crippen LogP contribution in [-0.2, 0) is 9.59 Å². The summed E-state index contributed by atoms with van der Waals surface area (Å²) in [5, 5.41) is 0.583. The molecule has 128 valence electrons. The lowest BCUT2D eigenvalue weighted by Crippen LogP contribution is -2.45. The molecule has 3 rings (SSSR count). The first-order chi connectivity index (χ1) is 12.0. The molecule has 0 aliphatic carbocycles. The van der Waals surface area contributed by atoms with Crippen molar-refractivity contribution in [2.24, 2.45) is 5.84 Å². The van der Waals surface area contributed by atoms with Gasteiger partial charge in [0.15, 0.2) is 11.5 Å². The van der Waals surface area contributed by atoms with Crippen LogP contribution in [0.15, 0.2) is 48.2 Å². The molecule has 0 atom stereocenters. The number of hydrogen-bond acceptors (Lipinski definition) is 5. The van der Waals surface area contributed by atoms with Crippen molar-refractivity contribution in [1.29, 1.82) is 0 Å². The average molecular weight is 359 g/mol. The Bertz CT molecular complexity index is 865. The lowest BCUT2D eigenvalue weighted by atomic mass is 10.1. The van der Waals surface area contributed by atoms with Crippen molar-refractivity contribution in [2.45, 2.75) is 0 Å². The minimum atomic E-state index is -0.519. The van der Waals surface area contributed by atoms with Gasteiger partial charge in [0, 0.05) is 10.7 Å². The van der Waals surface area contributed by atoms with Gasteiger partial charge >= 0.3 is 0 Å². The Morgan fingerprint density at radius 3 is 2.64 bits per heavy atom. The van der Waals surface area contributed by atoms with E-state index in [0.29, 0.717) is 22.1 Å². The maximum Gasteiger partial charge on any atom is 0.294 e. The molecule has 2 amide bonds. The molecule has 0 saturated carbocycles. The molecule has 0 unspecified atom stereocenters. The van der Waals surface area contributed by atoms with Crippen LogP contribution in [0.2, 0.25) is 5.02 Å². The highest BCUT2D eigenvalue weighted by Gasteiger charge is 2.31. The summed E-state index contributed by atoms with van der Waals surface area (Å²) in [4.78, 5) is 25.7. The van der Waals surface area contributed by atoms with Crippen LogP contribution in [0.1, 0.15) is 5.56 Å². The van der Waals surface area contributed by atoms with Crippen LogP contribution in [0.4, 0.5) is 11.4 Å². The number of nitrogens with zero attached hydrogens (tertiary/aromatic N) is 1. The summed E-state index contributed by atoms with van der Waals surface area (Å²) >= 11 is 5.87. The number of rotatable bonds is 3. The molecule has 1 aliphatic heterocycles. The summed E-state index contributed by atoms with van der Waals surface area (Å²) in [7, 11) is 0. The minimum Gasteiger partial charge on any atom is -0.449 e. The van der Waals surface area contributed by atoms with Gasteiger partial charge in [-0.25, -0.2) is 5.84 Å². The first-order valence-electron chi connectivity index (χ1n) is 7.34. The Kier molecular flexibility index (Phi) is 4.60. The van der Waals surface area contributed by atoms with Gasteiger partial charge in [0.2, 0.25) is 0 Å². The van der Waals surface area contributed by atoms with E-state index in [9.17, 15) is 9.59 Å². The number of amides is 2. The molecule has 0 aromatic heterocycles. The Morgan fingerprint density at radius 2 is 1.96 bits per heavy atom. The van der Waals surface area contributed by atoms with Crippen molar-refractivity contribution in [3.63, 3.8) is 0 Å². The average Bonchev–Trinajstić information content (AvgIpc) is 2.60. The predicted octanol–water partition coefficient (Wildman–Crippen LogP) is 1.68. The number of halogens is 1. The lowest BCUT2D eigenvalue weighted by Gasteiger charge is -2.30. The van der Waals surface area contributed by atoms with E-state index >= 15 is 0 Å². The number of carbonyl (C=O) groups excluding carboxylic acids is 2. The Morgan fingerprint density at radius 1 is 1.24 bits per heavy atom. The highest BCUT2D eigenvalue weighted by Crippen LogP contribution is 2.37. The number of ether oxygens (including phenoxy) is 1. The van der Waals surface area contributed by atoms with Crippen LogP contribution < -0.4 is 26.6 Å². The van der Waals surface area contributed by atoms with Gasteiger partial charge in [0.1, 0.15) is 6.54 Å². The zero-order chi connectivity index (χ0) is 18.0. The van der Waals surface area contributed by atoms with Crippen molar-refractivity contribution in [3.05, 3.63) is 58.8 Å². The van der Waals surface area contributed by atoms with Crippen LogP contribution >= 0.6 is 11.6 Å². The molecular weight excluding hydrogens is 344 g/mol. The number of nitrogens with two attached hydrogens (primary N) is 2. The second kappa shape index (κ2) is 6.84. The standard InChI is InChI=1S/C17H15ClN4O3/c18-11-3-1-10(2-4-11)7-15-17(24)22(9-16(23)21-20)13-8-12(19)5-6-14(13)25-15/h1-8H,9,19-20H2,(H,21,23)/b15-7+. The van der Waals surface area contributed by atoms with Crippen molar-refractivity contribution in [2.75, 3.05) is 17.2 Å². The zero-order valence-electron chi connectivity index (χ0n) is 13.0. The molecule has 0 spiro atoms. The van der Waals surface area contributed by atoms with Crippen LogP contribution in [0.3, 0.4) is 0 Å². The molecule has 5 N–H and O–H groups in total. The third-order valence-electron chi connectivity index (χ3n) is 3.58. The maximum atomic E-state index is 12.8. The largest absolute Gasteiger partial charge is 0.449 e. The highest BCUT2D eigenvalue weighted by molar-refractivity contribution is 6.30. The van der Waals surface area contributed by atoms with E-state index in [0.717, 1.165) is 5.56 Å². The number of hydrazine groups is 1. The number of hydrogen-bond donors (Lipinski definition) is 3. The smallest absolute Gasteiger partial charge is 0.294 e. The van der Waals surface area contributed by atoms with Gasteiger partial charge in [0.25, 0.3) is 11.8 Å². The third kappa shape index (κ3) is 3.57. The predicted molar refractivity (Wildman–Crippen MR) is 95.6 cm³/mol. The molecule has 0 bridgehead atoms. The Hall–Kier alpha value is -3.03. The third-order valence-corrected chi connectivity index (χ3v) is 3.83. The van der Waals surface area contributed by atoms with E-state index in [1.165, 1.54) is 4.90 Å². The molecule has 7 nitrogen and oxygen atoms in total. The van der Waals surface area contributed by atoms with Gasteiger partial charge in [-0.1, -0.05) is 23.7 Å². The monoisotopic (exact) mass is 358 g/mol. The summed E-state index contributed by atoms with van der Waals surface area (Å²) < 4.78 is 5.70. The fourth-order valence-electron chi connectivity index (χ4n) is 2.38. The SMILES string of the molecule is NNC(=O)CN1C(=O)/C(=C\c2ccc(Cl)cc2)Oc2ccc(N)cc21. The second-order valence-electron chi connectivity index (χ2n) is 5.35. The first-order valence-corrected chi connectivity index (χ1v) is 7.71. The summed E-state index contributed by atoms with van der Waals surface area (Å²) in [6.45, 7) is -0.257. The van der Waals surface area contributed by atoms with E-state index in [-0.39, 0.29) is 12.3 Å². The highest BCUT2D eigenvalue weighted by atomic mass is 35.5. The number of nitrogens with one attached hydrogen (secondary N) is 1. The fourth-order valence-corrected chi connectivity index (χ4v) is 2.51. The van der Waals surface area contributed by atoms with E-state index in [2.05, 4.69) is 0 Å². The Balaban J connectivity index is 2.02. The van der Waals surface area contributed by atoms with Crippen molar-refractivity contribution >= 4 is 40.9 Å². The molecule has 1 aliphatic rings. The molecular formula is C17H15ClN4O3.